The highest BCUT2D eigenvalue weighted by atomic mass is 32.2. The molecule has 114 valence electrons. The smallest absolute Gasteiger partial charge is 0.246 e. The van der Waals surface area contributed by atoms with Gasteiger partial charge in [-0.2, -0.15) is 9.40 Å². The number of nitrogens with zero attached hydrogens (tertiary/aromatic N) is 4. The highest BCUT2D eigenvalue weighted by Gasteiger charge is 2.30. The van der Waals surface area contributed by atoms with Crippen molar-refractivity contribution in [3.8, 4) is 0 Å². The van der Waals surface area contributed by atoms with Crippen LogP contribution in [0.2, 0.25) is 0 Å². The van der Waals surface area contributed by atoms with Gasteiger partial charge >= 0.3 is 0 Å². The molecular weight excluding hydrogens is 280 g/mol. The van der Waals surface area contributed by atoms with Gasteiger partial charge in [0, 0.05) is 25.3 Å². The number of piperidine rings is 1. The lowest BCUT2D eigenvalue weighted by molar-refractivity contribution is 0.196. The molecule has 1 saturated heterocycles. The number of sulfonamides is 1. The Morgan fingerprint density at radius 2 is 2.05 bits per heavy atom. The Bertz CT molecular complexity index is 533. The number of hydrogen-bond acceptors (Lipinski definition) is 5. The van der Waals surface area contributed by atoms with Crippen LogP contribution in [0.25, 0.3) is 0 Å². The van der Waals surface area contributed by atoms with Gasteiger partial charge < -0.3 is 10.0 Å². The van der Waals surface area contributed by atoms with Crippen LogP contribution >= 0.6 is 0 Å². The molecular formula is C12H22N4O3S. The van der Waals surface area contributed by atoms with Gasteiger partial charge in [-0.25, -0.2) is 8.42 Å². The SMILES string of the molecule is CN(C)C1CCN(S(=O)(=O)c2cnn(CCO)c2)CC1. The summed E-state index contributed by atoms with van der Waals surface area (Å²) < 4.78 is 27.9. The molecule has 0 radical (unpaired) electrons. The first-order valence-corrected chi connectivity index (χ1v) is 8.19. The molecule has 0 saturated carbocycles. The van der Waals surface area contributed by atoms with Crippen LogP contribution in [0.3, 0.4) is 0 Å². The lowest BCUT2D eigenvalue weighted by Crippen LogP contribution is -2.44. The lowest BCUT2D eigenvalue weighted by atomic mass is 10.1. The van der Waals surface area contributed by atoms with Crippen molar-refractivity contribution < 1.29 is 13.5 Å². The fraction of sp³-hybridized carbons (Fsp3) is 0.750. The van der Waals surface area contributed by atoms with Crippen molar-refractivity contribution in [2.24, 2.45) is 0 Å². The first kappa shape index (κ1) is 15.4. The Morgan fingerprint density at radius 1 is 1.40 bits per heavy atom. The van der Waals surface area contributed by atoms with Crippen LogP contribution in [0.4, 0.5) is 0 Å². The molecule has 1 aliphatic heterocycles. The molecule has 0 aliphatic carbocycles. The van der Waals surface area contributed by atoms with E-state index < -0.39 is 10.0 Å². The lowest BCUT2D eigenvalue weighted by Gasteiger charge is -2.34. The molecule has 1 fully saturated rings. The average Bonchev–Trinajstić information content (AvgIpc) is 2.88. The van der Waals surface area contributed by atoms with Crippen LogP contribution in [0.15, 0.2) is 17.3 Å². The molecule has 7 nitrogen and oxygen atoms in total. The van der Waals surface area contributed by atoms with E-state index in [4.69, 9.17) is 5.11 Å². The van der Waals surface area contributed by atoms with Crippen molar-refractivity contribution in [2.45, 2.75) is 30.3 Å². The van der Waals surface area contributed by atoms with Crippen LogP contribution in [-0.4, -0.2) is 72.3 Å². The summed E-state index contributed by atoms with van der Waals surface area (Å²) in [6.45, 7) is 1.32. The molecule has 2 rings (SSSR count). The van der Waals surface area contributed by atoms with Crippen LogP contribution in [0, 0.1) is 0 Å². The average molecular weight is 302 g/mol. The van der Waals surface area contributed by atoms with Crippen LogP contribution in [-0.2, 0) is 16.6 Å². The highest BCUT2D eigenvalue weighted by Crippen LogP contribution is 2.21. The summed E-state index contributed by atoms with van der Waals surface area (Å²) in [7, 11) is 0.584. The van der Waals surface area contributed by atoms with Crippen molar-refractivity contribution in [3.63, 3.8) is 0 Å². The predicted octanol–water partition coefficient (Wildman–Crippen LogP) is -0.410. The number of aliphatic hydroxyl groups is 1. The van der Waals surface area contributed by atoms with E-state index in [0.717, 1.165) is 12.8 Å². The summed E-state index contributed by atoms with van der Waals surface area (Å²) in [6, 6.07) is 0.443. The van der Waals surface area contributed by atoms with E-state index in [1.54, 1.807) is 0 Å². The zero-order valence-electron chi connectivity index (χ0n) is 11.9. The molecule has 20 heavy (non-hydrogen) atoms. The van der Waals surface area contributed by atoms with Crippen LogP contribution < -0.4 is 0 Å². The van der Waals surface area contributed by atoms with Gasteiger partial charge in [-0.05, 0) is 26.9 Å². The van der Waals surface area contributed by atoms with Gasteiger partial charge in [0.2, 0.25) is 10.0 Å². The van der Waals surface area contributed by atoms with Crippen molar-refractivity contribution in [1.29, 1.82) is 0 Å². The molecule has 1 aromatic rings. The molecule has 0 unspecified atom stereocenters. The molecule has 0 aromatic carbocycles. The van der Waals surface area contributed by atoms with Crippen LogP contribution in [0.1, 0.15) is 12.8 Å². The maximum absolute atomic E-state index is 12.5. The largest absolute Gasteiger partial charge is 0.394 e. The summed E-state index contributed by atoms with van der Waals surface area (Å²) >= 11 is 0. The first-order valence-electron chi connectivity index (χ1n) is 6.75. The second-order valence-electron chi connectivity index (χ2n) is 5.26. The van der Waals surface area contributed by atoms with E-state index in [1.165, 1.54) is 21.4 Å². The van der Waals surface area contributed by atoms with Gasteiger partial charge in [-0.1, -0.05) is 0 Å². The summed E-state index contributed by atoms with van der Waals surface area (Å²) in [6.07, 6.45) is 4.51. The maximum Gasteiger partial charge on any atom is 0.246 e. The number of rotatable bonds is 5. The standard InChI is InChI=1S/C12H22N4O3S/c1-14(2)11-3-5-16(6-4-11)20(18,19)12-9-13-15(10-12)7-8-17/h9-11,17H,3-8H2,1-2H3. The predicted molar refractivity (Wildman–Crippen MR) is 74.8 cm³/mol. The molecule has 2 heterocycles. The molecule has 0 spiro atoms. The summed E-state index contributed by atoms with van der Waals surface area (Å²) in [5.41, 5.74) is 0. The first-order chi connectivity index (χ1) is 9.45. The third-order valence-electron chi connectivity index (χ3n) is 3.73. The van der Waals surface area contributed by atoms with Gasteiger partial charge in [0.1, 0.15) is 4.90 Å². The Morgan fingerprint density at radius 3 is 2.60 bits per heavy atom. The van der Waals surface area contributed by atoms with E-state index in [9.17, 15) is 8.42 Å². The Labute approximate surface area is 119 Å². The van der Waals surface area contributed by atoms with E-state index in [1.807, 2.05) is 14.1 Å². The minimum Gasteiger partial charge on any atom is -0.394 e. The zero-order valence-corrected chi connectivity index (χ0v) is 12.8. The summed E-state index contributed by atoms with van der Waals surface area (Å²) in [5.74, 6) is 0. The summed E-state index contributed by atoms with van der Waals surface area (Å²) in [4.78, 5) is 2.35. The van der Waals surface area contributed by atoms with E-state index >= 15 is 0 Å². The van der Waals surface area contributed by atoms with Crippen molar-refractivity contribution in [3.05, 3.63) is 12.4 Å². The Balaban J connectivity index is 2.07. The molecule has 8 heteroatoms. The second-order valence-corrected chi connectivity index (χ2v) is 7.20. The number of hydrogen-bond donors (Lipinski definition) is 1. The van der Waals surface area contributed by atoms with Gasteiger partial charge in [0.05, 0.1) is 19.3 Å². The van der Waals surface area contributed by atoms with Gasteiger partial charge in [0.15, 0.2) is 0 Å². The quantitative estimate of drug-likeness (QED) is 0.800. The normalized spacial score (nSPS) is 18.8. The molecule has 0 bridgehead atoms. The Kier molecular flexibility index (Phi) is 4.79. The zero-order chi connectivity index (χ0) is 14.8. The Hall–Kier alpha value is -0.960. The molecule has 1 aromatic heterocycles. The molecule has 1 N–H and O–H groups in total. The van der Waals surface area contributed by atoms with Gasteiger partial charge in [0.25, 0.3) is 0 Å². The van der Waals surface area contributed by atoms with Crippen molar-refractivity contribution >= 4 is 10.0 Å². The number of aromatic nitrogens is 2. The molecule has 0 atom stereocenters. The minimum atomic E-state index is -3.46. The minimum absolute atomic E-state index is 0.0601. The summed E-state index contributed by atoms with van der Waals surface area (Å²) in [5, 5.41) is 12.8. The van der Waals surface area contributed by atoms with E-state index in [0.29, 0.717) is 25.7 Å². The highest BCUT2D eigenvalue weighted by molar-refractivity contribution is 7.89. The van der Waals surface area contributed by atoms with Crippen LogP contribution in [0.5, 0.6) is 0 Å². The van der Waals surface area contributed by atoms with E-state index in [2.05, 4.69) is 10.00 Å². The van der Waals surface area contributed by atoms with E-state index in [-0.39, 0.29) is 11.5 Å². The molecule has 0 amide bonds. The van der Waals surface area contributed by atoms with Crippen molar-refractivity contribution in [1.82, 2.24) is 19.0 Å². The van der Waals surface area contributed by atoms with Crippen molar-refractivity contribution in [2.75, 3.05) is 33.8 Å². The second kappa shape index (κ2) is 6.21. The number of aliphatic hydroxyl groups excluding tert-OH is 1. The topological polar surface area (TPSA) is 78.7 Å². The molecule has 1 aliphatic rings. The van der Waals surface area contributed by atoms with Gasteiger partial charge in [-0.15, -0.1) is 0 Å². The van der Waals surface area contributed by atoms with Gasteiger partial charge in [-0.3, -0.25) is 4.68 Å². The monoisotopic (exact) mass is 302 g/mol. The third kappa shape index (κ3) is 3.20. The maximum atomic E-state index is 12.5. The fourth-order valence-corrected chi connectivity index (χ4v) is 3.88. The third-order valence-corrected chi connectivity index (χ3v) is 5.58. The fourth-order valence-electron chi connectivity index (χ4n) is 2.45.